The lowest BCUT2D eigenvalue weighted by molar-refractivity contribution is -0.0818. The van der Waals surface area contributed by atoms with Crippen molar-refractivity contribution in [3.8, 4) is 0 Å². The molecule has 0 bridgehead atoms. The molecule has 0 spiro atoms. The molecule has 2 saturated heterocycles. The van der Waals surface area contributed by atoms with Crippen LogP contribution in [0.1, 0.15) is 34.1 Å². The third-order valence-electron chi connectivity index (χ3n) is 5.08. The van der Waals surface area contributed by atoms with E-state index in [0.717, 1.165) is 26.1 Å². The number of nitrogens with zero attached hydrogens (tertiary/aromatic N) is 2. The van der Waals surface area contributed by atoms with Crippen molar-refractivity contribution < 1.29 is 4.74 Å². The lowest BCUT2D eigenvalue weighted by atomic mass is 9.78. The first kappa shape index (κ1) is 16.2. The Labute approximate surface area is 123 Å². The fourth-order valence-corrected chi connectivity index (χ4v) is 4.09. The number of likely N-dealkylation sites (N-methyl/N-ethyl adjacent to an activating group) is 2. The summed E-state index contributed by atoms with van der Waals surface area (Å²) in [5.41, 5.74) is 2.90. The smallest absolute Gasteiger partial charge is 0.0678 e. The topological polar surface area (TPSA) is 53.8 Å². The zero-order valence-electron chi connectivity index (χ0n) is 13.9. The Morgan fingerprint density at radius 3 is 2.35 bits per heavy atom. The number of nitrogens with two attached hydrogens (primary N) is 1. The molecule has 2 aliphatic heterocycles. The van der Waals surface area contributed by atoms with E-state index in [9.17, 15) is 0 Å². The molecule has 5 nitrogen and oxygen atoms in total. The normalized spacial score (nSPS) is 36.1. The van der Waals surface area contributed by atoms with Gasteiger partial charge in [0.05, 0.1) is 11.2 Å². The predicted molar refractivity (Wildman–Crippen MR) is 82.4 cm³/mol. The molecule has 2 heterocycles. The highest BCUT2D eigenvalue weighted by Gasteiger charge is 2.51. The number of piperazine rings is 1. The van der Waals surface area contributed by atoms with E-state index in [1.807, 2.05) is 0 Å². The quantitative estimate of drug-likeness (QED) is 0.589. The van der Waals surface area contributed by atoms with E-state index >= 15 is 0 Å². The summed E-state index contributed by atoms with van der Waals surface area (Å²) < 4.78 is 6.26. The summed E-state index contributed by atoms with van der Waals surface area (Å²) in [6.45, 7) is 12.0. The Morgan fingerprint density at radius 1 is 1.20 bits per heavy atom. The third-order valence-corrected chi connectivity index (χ3v) is 5.08. The average molecular weight is 284 g/mol. The summed E-state index contributed by atoms with van der Waals surface area (Å²) in [7, 11) is 4.39. The second kappa shape index (κ2) is 5.54. The molecule has 0 radical (unpaired) electrons. The van der Waals surface area contributed by atoms with Crippen LogP contribution in [0.2, 0.25) is 0 Å². The van der Waals surface area contributed by atoms with Gasteiger partial charge in [-0.1, -0.05) is 0 Å². The van der Waals surface area contributed by atoms with E-state index in [-0.39, 0.29) is 17.2 Å². The van der Waals surface area contributed by atoms with Crippen LogP contribution in [0.15, 0.2) is 0 Å². The van der Waals surface area contributed by atoms with Gasteiger partial charge in [0.2, 0.25) is 0 Å². The summed E-state index contributed by atoms with van der Waals surface area (Å²) in [5, 5.41) is 0. The van der Waals surface area contributed by atoms with Crippen LogP contribution in [0, 0.1) is 5.92 Å². The number of hydrogen-bond donors (Lipinski definition) is 2. The van der Waals surface area contributed by atoms with Gasteiger partial charge in [0, 0.05) is 37.6 Å². The lowest BCUT2D eigenvalue weighted by Crippen LogP contribution is -2.63. The van der Waals surface area contributed by atoms with Gasteiger partial charge in [-0.05, 0) is 48.2 Å². The van der Waals surface area contributed by atoms with Gasteiger partial charge in [-0.25, -0.2) is 0 Å². The first-order valence-electron chi connectivity index (χ1n) is 7.71. The van der Waals surface area contributed by atoms with Crippen LogP contribution in [0.4, 0.5) is 0 Å². The van der Waals surface area contributed by atoms with Crippen LogP contribution in [0.3, 0.4) is 0 Å². The molecule has 0 aromatic heterocycles. The highest BCUT2D eigenvalue weighted by Crippen LogP contribution is 2.44. The Hall–Kier alpha value is -0.200. The molecule has 0 aliphatic carbocycles. The molecule has 5 heteroatoms. The minimum absolute atomic E-state index is 0.0671. The SMILES string of the molecule is CN1CCN(C)C(C(NN)C2CC(C)(C)OC2(C)C)C1. The summed E-state index contributed by atoms with van der Waals surface area (Å²) >= 11 is 0. The van der Waals surface area contributed by atoms with Crippen molar-refractivity contribution in [3.05, 3.63) is 0 Å². The molecule has 118 valence electrons. The number of hydrogen-bond acceptors (Lipinski definition) is 5. The van der Waals surface area contributed by atoms with E-state index in [4.69, 9.17) is 10.6 Å². The number of nitrogens with one attached hydrogen (secondary N) is 1. The summed E-state index contributed by atoms with van der Waals surface area (Å²) in [6, 6.07) is 0.681. The highest BCUT2D eigenvalue weighted by atomic mass is 16.5. The van der Waals surface area contributed by atoms with Crippen LogP contribution in [0.25, 0.3) is 0 Å². The monoisotopic (exact) mass is 284 g/mol. The molecule has 20 heavy (non-hydrogen) atoms. The maximum absolute atomic E-state index is 6.26. The van der Waals surface area contributed by atoms with E-state index < -0.39 is 0 Å². The van der Waals surface area contributed by atoms with Gasteiger partial charge in [0.1, 0.15) is 0 Å². The minimum Gasteiger partial charge on any atom is -0.369 e. The molecule has 2 fully saturated rings. The minimum atomic E-state index is -0.141. The van der Waals surface area contributed by atoms with Crippen molar-refractivity contribution in [2.75, 3.05) is 33.7 Å². The number of ether oxygens (including phenoxy) is 1. The summed E-state index contributed by atoms with van der Waals surface area (Å²) in [6.07, 6.45) is 1.04. The molecular formula is C15H32N4O. The third kappa shape index (κ3) is 3.17. The number of rotatable bonds is 3. The van der Waals surface area contributed by atoms with Crippen molar-refractivity contribution in [1.29, 1.82) is 0 Å². The molecule has 3 atom stereocenters. The van der Waals surface area contributed by atoms with Gasteiger partial charge >= 0.3 is 0 Å². The molecule has 3 unspecified atom stereocenters. The van der Waals surface area contributed by atoms with Crippen LogP contribution in [-0.4, -0.2) is 66.8 Å². The summed E-state index contributed by atoms with van der Waals surface area (Å²) in [5.74, 6) is 6.37. The second-order valence-electron chi connectivity index (χ2n) is 7.78. The van der Waals surface area contributed by atoms with Crippen molar-refractivity contribution in [2.45, 2.75) is 57.4 Å². The summed E-state index contributed by atoms with van der Waals surface area (Å²) in [4.78, 5) is 4.83. The molecule has 2 aliphatic rings. The van der Waals surface area contributed by atoms with E-state index in [1.54, 1.807) is 0 Å². The zero-order chi connectivity index (χ0) is 15.1. The fraction of sp³-hybridized carbons (Fsp3) is 1.00. The maximum Gasteiger partial charge on any atom is 0.0678 e. The van der Waals surface area contributed by atoms with Crippen LogP contribution in [-0.2, 0) is 4.74 Å². The average Bonchev–Trinajstić information content (AvgIpc) is 2.53. The lowest BCUT2D eigenvalue weighted by Gasteiger charge is -2.45. The van der Waals surface area contributed by atoms with E-state index in [0.29, 0.717) is 12.0 Å². The Balaban J connectivity index is 2.19. The largest absolute Gasteiger partial charge is 0.369 e. The fourth-order valence-electron chi connectivity index (χ4n) is 4.09. The van der Waals surface area contributed by atoms with E-state index in [2.05, 4.69) is 57.0 Å². The van der Waals surface area contributed by atoms with Crippen molar-refractivity contribution in [1.82, 2.24) is 15.2 Å². The van der Waals surface area contributed by atoms with E-state index in [1.165, 1.54) is 0 Å². The Kier molecular flexibility index (Phi) is 4.48. The molecule has 3 N–H and O–H groups in total. The second-order valence-corrected chi connectivity index (χ2v) is 7.78. The van der Waals surface area contributed by atoms with Crippen LogP contribution >= 0.6 is 0 Å². The van der Waals surface area contributed by atoms with Gasteiger partial charge in [-0.15, -0.1) is 0 Å². The maximum atomic E-state index is 6.26. The molecular weight excluding hydrogens is 252 g/mol. The van der Waals surface area contributed by atoms with Crippen LogP contribution in [0.5, 0.6) is 0 Å². The zero-order valence-corrected chi connectivity index (χ0v) is 13.9. The molecule has 2 rings (SSSR count). The van der Waals surface area contributed by atoms with Gasteiger partial charge in [-0.3, -0.25) is 16.2 Å². The first-order valence-corrected chi connectivity index (χ1v) is 7.71. The van der Waals surface area contributed by atoms with Gasteiger partial charge < -0.3 is 9.64 Å². The standard InChI is InChI=1S/C15H32N4O/c1-14(2)9-11(15(3,4)20-14)13(17-16)12-10-18(5)7-8-19(12)6/h11-13,17H,7-10,16H2,1-6H3. The molecule has 0 aromatic rings. The Bertz CT molecular complexity index is 345. The van der Waals surface area contributed by atoms with Gasteiger partial charge in [0.25, 0.3) is 0 Å². The Morgan fingerprint density at radius 2 is 1.85 bits per heavy atom. The predicted octanol–water partition coefficient (Wildman–Crippen LogP) is 0.658. The highest BCUT2D eigenvalue weighted by molar-refractivity contribution is 5.03. The molecule has 0 amide bonds. The van der Waals surface area contributed by atoms with Crippen molar-refractivity contribution >= 4 is 0 Å². The van der Waals surface area contributed by atoms with Crippen molar-refractivity contribution in [2.24, 2.45) is 11.8 Å². The number of hydrazine groups is 1. The molecule has 0 aromatic carbocycles. The van der Waals surface area contributed by atoms with Gasteiger partial charge in [0.15, 0.2) is 0 Å². The van der Waals surface area contributed by atoms with Gasteiger partial charge in [-0.2, -0.15) is 0 Å². The first-order chi connectivity index (χ1) is 9.16. The van der Waals surface area contributed by atoms with Crippen LogP contribution < -0.4 is 11.3 Å². The van der Waals surface area contributed by atoms with Crippen molar-refractivity contribution in [3.63, 3.8) is 0 Å². The molecule has 0 saturated carbocycles.